The highest BCUT2D eigenvalue weighted by Crippen LogP contribution is 2.45. The minimum Gasteiger partial charge on any atom is -0.450 e. The average Bonchev–Trinajstić information content (AvgIpc) is 2.93. The summed E-state index contributed by atoms with van der Waals surface area (Å²) >= 11 is 12.3. The third kappa shape index (κ3) is 3.80. The van der Waals surface area contributed by atoms with Crippen LogP contribution in [0.15, 0.2) is 42.5 Å². The Hall–Kier alpha value is -2.28. The molecule has 2 heterocycles. The number of piperidine rings is 1. The maximum Gasteiger partial charge on any atom is 0.506 e. The molecular weight excluding hydrogens is 415 g/mol. The number of amides is 1. The Bertz CT molecular complexity index is 967. The lowest BCUT2D eigenvalue weighted by Gasteiger charge is -2.43. The largest absolute Gasteiger partial charge is 0.506 e. The van der Waals surface area contributed by atoms with E-state index in [0.29, 0.717) is 41.7 Å². The Morgan fingerprint density at radius 3 is 2.79 bits per heavy atom. The number of ether oxygens (including phenoxy) is 1. The van der Waals surface area contributed by atoms with Gasteiger partial charge in [0.05, 0.1) is 0 Å². The molecule has 2 aromatic carbocycles. The number of hydrogen-bond acceptors (Lipinski definition) is 4. The number of nitrogens with zero attached hydrogens (tertiary/aromatic N) is 1. The maximum absolute atomic E-state index is 13.4. The summed E-state index contributed by atoms with van der Waals surface area (Å²) in [7, 11) is 0. The summed E-state index contributed by atoms with van der Waals surface area (Å²) in [5.41, 5.74) is 1.41. The van der Waals surface area contributed by atoms with Crippen LogP contribution < -0.4 is 5.32 Å². The van der Waals surface area contributed by atoms with Crippen LogP contribution >= 0.6 is 23.2 Å². The third-order valence-corrected chi connectivity index (χ3v) is 6.06. The number of carbonyl (C=O) groups excluding carboxylic acids is 1. The van der Waals surface area contributed by atoms with E-state index in [2.05, 4.69) is 5.32 Å². The van der Waals surface area contributed by atoms with E-state index in [1.807, 2.05) is 29.2 Å². The highest BCUT2D eigenvalue weighted by Gasteiger charge is 2.52. The van der Waals surface area contributed by atoms with Crippen molar-refractivity contribution in [2.75, 3.05) is 18.4 Å². The molecule has 0 aliphatic carbocycles. The van der Waals surface area contributed by atoms with Gasteiger partial charge in [0.15, 0.2) is 0 Å². The first-order valence-electron chi connectivity index (χ1n) is 9.39. The summed E-state index contributed by atoms with van der Waals surface area (Å²) in [6.07, 6.45) is -0.0323. The maximum atomic E-state index is 13.4. The van der Waals surface area contributed by atoms with Crippen LogP contribution in [0.1, 0.15) is 24.0 Å². The van der Waals surface area contributed by atoms with Gasteiger partial charge < -0.3 is 15.2 Å². The second-order valence-electron chi connectivity index (χ2n) is 7.41. The summed E-state index contributed by atoms with van der Waals surface area (Å²) < 4.78 is 5.04. The monoisotopic (exact) mass is 434 g/mol. The fourth-order valence-electron chi connectivity index (χ4n) is 4.40. The second kappa shape index (κ2) is 7.86. The average molecular weight is 435 g/mol. The number of halogens is 2. The quantitative estimate of drug-likeness (QED) is 0.690. The normalized spacial score (nSPS) is 24.1. The molecule has 2 atom stereocenters. The Morgan fingerprint density at radius 1 is 1.24 bits per heavy atom. The molecule has 1 amide bonds. The zero-order valence-corrected chi connectivity index (χ0v) is 17.0. The Kier molecular flexibility index (Phi) is 5.42. The minimum absolute atomic E-state index is 0.161. The van der Waals surface area contributed by atoms with Gasteiger partial charge in [0.25, 0.3) is 0 Å². The number of carbonyl (C=O) groups is 2. The van der Waals surface area contributed by atoms with Gasteiger partial charge in [0.2, 0.25) is 5.91 Å². The highest BCUT2D eigenvalue weighted by molar-refractivity contribution is 6.31. The van der Waals surface area contributed by atoms with Crippen molar-refractivity contribution in [3.8, 4) is 0 Å². The molecule has 0 spiro atoms. The van der Waals surface area contributed by atoms with Crippen molar-refractivity contribution in [3.63, 3.8) is 0 Å². The molecule has 0 radical (unpaired) electrons. The van der Waals surface area contributed by atoms with E-state index in [9.17, 15) is 9.59 Å². The van der Waals surface area contributed by atoms with Crippen LogP contribution in [0, 0.1) is 0 Å². The van der Waals surface area contributed by atoms with Gasteiger partial charge in [-0.25, -0.2) is 4.79 Å². The minimum atomic E-state index is -1.30. The molecule has 0 aromatic heterocycles. The number of hydrogen-bond donors (Lipinski definition) is 2. The Morgan fingerprint density at radius 2 is 2.03 bits per heavy atom. The van der Waals surface area contributed by atoms with Crippen LogP contribution in [-0.4, -0.2) is 41.3 Å². The number of benzene rings is 2. The first-order valence-corrected chi connectivity index (χ1v) is 10.1. The first kappa shape index (κ1) is 20.0. The summed E-state index contributed by atoms with van der Waals surface area (Å²) in [4.78, 5) is 26.5. The molecule has 1 saturated heterocycles. The van der Waals surface area contributed by atoms with Gasteiger partial charge in [-0.1, -0.05) is 41.4 Å². The number of likely N-dealkylation sites (tertiary alicyclic amines) is 1. The molecule has 2 N–H and O–H groups in total. The van der Waals surface area contributed by atoms with Crippen LogP contribution in [0.25, 0.3) is 0 Å². The lowest BCUT2D eigenvalue weighted by Crippen LogP contribution is -2.57. The molecule has 0 saturated carbocycles. The molecule has 2 aliphatic rings. The summed E-state index contributed by atoms with van der Waals surface area (Å²) in [5, 5.41) is 13.1. The van der Waals surface area contributed by atoms with Crippen LogP contribution in [0.2, 0.25) is 10.0 Å². The highest BCUT2D eigenvalue weighted by atomic mass is 35.5. The Labute approximate surface area is 178 Å². The topological polar surface area (TPSA) is 78.9 Å². The molecule has 2 aliphatic heterocycles. The van der Waals surface area contributed by atoms with Crippen LogP contribution in [0.4, 0.5) is 10.5 Å². The van der Waals surface area contributed by atoms with Crippen molar-refractivity contribution in [2.45, 2.75) is 30.9 Å². The molecule has 4 rings (SSSR count). The zero-order valence-electron chi connectivity index (χ0n) is 15.5. The number of anilines is 1. The van der Waals surface area contributed by atoms with Gasteiger partial charge in [-0.3, -0.25) is 9.69 Å². The molecule has 8 heteroatoms. The van der Waals surface area contributed by atoms with Crippen LogP contribution in [0.3, 0.4) is 0 Å². The number of carboxylic acid groups (broad SMARTS) is 1. The molecule has 6 nitrogen and oxygen atoms in total. The van der Waals surface area contributed by atoms with Crippen LogP contribution in [-0.2, 0) is 21.5 Å². The van der Waals surface area contributed by atoms with Crippen molar-refractivity contribution in [1.82, 2.24) is 4.90 Å². The van der Waals surface area contributed by atoms with Crippen molar-refractivity contribution < 1.29 is 19.4 Å². The molecule has 29 heavy (non-hydrogen) atoms. The zero-order chi connectivity index (χ0) is 20.6. The lowest BCUT2D eigenvalue weighted by atomic mass is 9.81. The number of rotatable bonds is 4. The van der Waals surface area contributed by atoms with Crippen molar-refractivity contribution in [1.29, 1.82) is 0 Å². The second-order valence-corrected chi connectivity index (χ2v) is 8.28. The molecule has 152 valence electrons. The lowest BCUT2D eigenvalue weighted by molar-refractivity contribution is -0.130. The first-order chi connectivity index (χ1) is 13.9. The smallest absolute Gasteiger partial charge is 0.450 e. The molecular formula is C21H20Cl2N2O4. The van der Waals surface area contributed by atoms with Crippen molar-refractivity contribution in [2.24, 2.45) is 0 Å². The molecule has 2 unspecified atom stereocenters. The summed E-state index contributed by atoms with van der Waals surface area (Å²) in [6, 6.07) is 12.8. The summed E-state index contributed by atoms with van der Waals surface area (Å²) in [6.45, 7) is 0.984. The predicted octanol–water partition coefficient (Wildman–Crippen LogP) is 4.54. The van der Waals surface area contributed by atoms with E-state index in [1.165, 1.54) is 0 Å². The molecule has 1 fully saturated rings. The van der Waals surface area contributed by atoms with E-state index < -0.39 is 17.8 Å². The van der Waals surface area contributed by atoms with Crippen LogP contribution in [0.5, 0.6) is 0 Å². The fourth-order valence-corrected chi connectivity index (χ4v) is 4.78. The number of fused-ring (bicyclic) bond motifs is 1. The standard InChI is InChI=1S/C21H20Cl2N2O4/c22-14-4-1-3-13(9-14)11-21(25-8-2-5-16(12-25)29-20(27)28)17-7-6-15(23)10-18(17)24-19(21)26/h1,3-4,6-7,9-10,16H,2,5,8,11-12H2,(H,24,26)(H,27,28). The number of nitrogens with one attached hydrogen (secondary N) is 1. The van der Waals surface area contributed by atoms with Crippen molar-refractivity contribution in [3.05, 3.63) is 63.6 Å². The molecule has 2 aromatic rings. The van der Waals surface area contributed by atoms with Gasteiger partial charge in [0, 0.05) is 34.3 Å². The Balaban J connectivity index is 1.78. The van der Waals surface area contributed by atoms with Gasteiger partial charge >= 0.3 is 6.16 Å². The third-order valence-electron chi connectivity index (χ3n) is 5.59. The fraction of sp³-hybridized carbons (Fsp3) is 0.333. The van der Waals surface area contributed by atoms with E-state index in [1.54, 1.807) is 18.2 Å². The van der Waals surface area contributed by atoms with E-state index in [-0.39, 0.29) is 5.91 Å². The van der Waals surface area contributed by atoms with Gasteiger partial charge in [-0.05, 0) is 49.2 Å². The van der Waals surface area contributed by atoms with E-state index >= 15 is 0 Å². The molecule has 0 bridgehead atoms. The predicted molar refractivity (Wildman–Crippen MR) is 111 cm³/mol. The van der Waals surface area contributed by atoms with E-state index in [4.69, 9.17) is 33.0 Å². The van der Waals surface area contributed by atoms with Gasteiger partial charge in [-0.2, -0.15) is 0 Å². The van der Waals surface area contributed by atoms with E-state index in [0.717, 1.165) is 17.5 Å². The van der Waals surface area contributed by atoms with Crippen molar-refractivity contribution >= 4 is 41.0 Å². The SMILES string of the molecule is O=C(O)OC1CCCN(C2(Cc3cccc(Cl)c3)C(=O)Nc3cc(Cl)ccc32)C1. The van der Waals surface area contributed by atoms with Gasteiger partial charge in [0.1, 0.15) is 11.6 Å². The summed E-state index contributed by atoms with van der Waals surface area (Å²) in [5.74, 6) is -0.161. The van der Waals surface area contributed by atoms with Gasteiger partial charge in [-0.15, -0.1) is 0 Å².